The van der Waals surface area contributed by atoms with E-state index in [1.807, 2.05) is 4.90 Å². The van der Waals surface area contributed by atoms with Gasteiger partial charge in [-0.25, -0.2) is 0 Å². The molecule has 0 fully saturated rings. The van der Waals surface area contributed by atoms with Crippen LogP contribution in [0.1, 0.15) is 98.8 Å². The van der Waals surface area contributed by atoms with Crippen LogP contribution in [-0.2, 0) is 12.6 Å². The summed E-state index contributed by atoms with van der Waals surface area (Å²) < 4.78 is 0.636. The molecular weight excluding hydrogens is 344 g/mol. The molecule has 0 aliphatic carbocycles. The summed E-state index contributed by atoms with van der Waals surface area (Å²) in [7, 11) is 0. The number of nitrogens with one attached hydrogen (secondary N) is 1. The average Bonchev–Trinajstić information content (AvgIpc) is 2.61. The number of rotatable bonds is 15. The zero-order valence-electron chi connectivity index (χ0n) is 17.9. The quantitative estimate of drug-likeness (QED) is 0.311. The van der Waals surface area contributed by atoms with E-state index in [2.05, 4.69) is 39.5 Å². The van der Waals surface area contributed by atoms with Crippen LogP contribution in [0, 0.1) is 0 Å². The highest BCUT2D eigenvalue weighted by Crippen LogP contribution is 2.00. The van der Waals surface area contributed by atoms with Crippen LogP contribution in [0.15, 0.2) is 0 Å². The van der Waals surface area contributed by atoms with Crippen molar-refractivity contribution in [3.8, 4) is 0 Å². The van der Waals surface area contributed by atoms with Gasteiger partial charge in [-0.3, -0.25) is 0 Å². The third kappa shape index (κ3) is 20.2. The van der Waals surface area contributed by atoms with Crippen molar-refractivity contribution in [3.63, 3.8) is 0 Å². The highest BCUT2D eigenvalue weighted by molar-refractivity contribution is 8.00. The first kappa shape index (κ1) is 27.3. The van der Waals surface area contributed by atoms with Gasteiger partial charge in [-0.1, -0.05) is 71.0 Å². The van der Waals surface area contributed by atoms with Gasteiger partial charge in [0.2, 0.25) is 0 Å². The predicted octanol–water partition coefficient (Wildman–Crippen LogP) is 4.99. The molecule has 0 aromatic heterocycles. The molecular formula is C21H46N2S2. The monoisotopic (exact) mass is 390 g/mol. The van der Waals surface area contributed by atoms with E-state index < -0.39 is 0 Å². The third-order valence-electron chi connectivity index (χ3n) is 4.47. The summed E-state index contributed by atoms with van der Waals surface area (Å²) in [6.45, 7) is 17.5. The van der Waals surface area contributed by atoms with Gasteiger partial charge < -0.3 is 34.6 Å². The summed E-state index contributed by atoms with van der Waals surface area (Å²) >= 11 is 9.97. The van der Waals surface area contributed by atoms with Crippen molar-refractivity contribution < 1.29 is 4.90 Å². The van der Waals surface area contributed by atoms with E-state index in [0.29, 0.717) is 4.32 Å². The van der Waals surface area contributed by atoms with Crippen LogP contribution in [0.25, 0.3) is 0 Å². The molecule has 0 bridgehead atoms. The highest BCUT2D eigenvalue weighted by atomic mass is 32.1. The van der Waals surface area contributed by atoms with Crippen molar-refractivity contribution in [3.05, 3.63) is 0 Å². The second-order valence-electron chi connectivity index (χ2n) is 7.02. The van der Waals surface area contributed by atoms with Crippen LogP contribution >= 0.6 is 12.2 Å². The molecule has 0 aromatic rings. The predicted molar refractivity (Wildman–Crippen MR) is 122 cm³/mol. The lowest BCUT2D eigenvalue weighted by Crippen LogP contribution is -3.12. The van der Waals surface area contributed by atoms with E-state index >= 15 is 0 Å². The molecule has 152 valence electrons. The minimum atomic E-state index is 0.636. The first-order chi connectivity index (χ1) is 12.1. The molecule has 0 aromatic carbocycles. The van der Waals surface area contributed by atoms with Crippen molar-refractivity contribution in [2.45, 2.75) is 98.8 Å². The van der Waals surface area contributed by atoms with Gasteiger partial charge in [-0.05, 0) is 32.1 Å². The molecule has 0 radical (unpaired) electrons. The Kier molecular flexibility index (Phi) is 24.1. The number of quaternary nitrogens is 1. The lowest BCUT2D eigenvalue weighted by atomic mass is 10.2. The molecule has 0 aliphatic rings. The van der Waals surface area contributed by atoms with Crippen molar-refractivity contribution in [1.29, 1.82) is 0 Å². The summed E-state index contributed by atoms with van der Waals surface area (Å²) in [6.07, 6.45) is 13.1. The Labute approximate surface area is 170 Å². The molecule has 2 nitrogen and oxygen atoms in total. The standard InChI is InChI=1S/C12H27N.C9H19NS2/c1-4-7-10-13(11-8-5-2)12-9-6-3;1-3-5-7-10(9(11)12)8-6-4-2/h4-12H2,1-3H3;3-8H2,1-2H3,(H,11,12). The summed E-state index contributed by atoms with van der Waals surface area (Å²) in [5, 5.41) is 0. The molecule has 0 rings (SSSR count). The Hall–Kier alpha value is 0.0700. The number of hydrogen-bond acceptors (Lipinski definition) is 2. The average molecular weight is 391 g/mol. The topological polar surface area (TPSA) is 7.68 Å². The van der Waals surface area contributed by atoms with Crippen molar-refractivity contribution in [2.75, 3.05) is 32.7 Å². The van der Waals surface area contributed by atoms with E-state index in [4.69, 9.17) is 24.8 Å². The molecule has 1 N–H and O–H groups in total. The molecule has 0 aliphatic heterocycles. The third-order valence-corrected chi connectivity index (χ3v) is 4.99. The fraction of sp³-hybridized carbons (Fsp3) is 0.952. The Bertz CT molecular complexity index is 246. The van der Waals surface area contributed by atoms with Crippen molar-refractivity contribution in [2.24, 2.45) is 0 Å². The van der Waals surface area contributed by atoms with Crippen LogP contribution in [0.2, 0.25) is 0 Å². The van der Waals surface area contributed by atoms with E-state index in [1.54, 1.807) is 0 Å². The Morgan fingerprint density at radius 1 is 0.680 bits per heavy atom. The van der Waals surface area contributed by atoms with E-state index in [-0.39, 0.29) is 0 Å². The first-order valence-corrected chi connectivity index (χ1v) is 11.7. The largest absolute Gasteiger partial charge is 0.411 e. The maximum Gasteiger partial charge on any atom is 0.0770 e. The number of unbranched alkanes of at least 4 members (excludes halogenated alkanes) is 5. The fourth-order valence-electron chi connectivity index (χ4n) is 2.65. The molecule has 4 heteroatoms. The van der Waals surface area contributed by atoms with Gasteiger partial charge in [0.1, 0.15) is 0 Å². The highest BCUT2D eigenvalue weighted by Gasteiger charge is 2.05. The van der Waals surface area contributed by atoms with Gasteiger partial charge >= 0.3 is 0 Å². The zero-order valence-corrected chi connectivity index (χ0v) is 19.5. The van der Waals surface area contributed by atoms with Gasteiger partial charge in [0, 0.05) is 13.1 Å². The van der Waals surface area contributed by atoms with Crippen molar-refractivity contribution in [1.82, 2.24) is 4.90 Å². The summed E-state index contributed by atoms with van der Waals surface area (Å²) in [6, 6.07) is 0. The van der Waals surface area contributed by atoms with Gasteiger partial charge in [-0.2, -0.15) is 0 Å². The van der Waals surface area contributed by atoms with E-state index in [0.717, 1.165) is 13.1 Å². The second-order valence-corrected chi connectivity index (χ2v) is 8.05. The van der Waals surface area contributed by atoms with Gasteiger partial charge in [0.05, 0.1) is 19.6 Å². The summed E-state index contributed by atoms with van der Waals surface area (Å²) in [4.78, 5) is 3.98. The molecule has 0 unspecified atom stereocenters. The number of hydrogen-bond donors (Lipinski definition) is 1. The summed E-state index contributed by atoms with van der Waals surface area (Å²) in [5.41, 5.74) is 0. The van der Waals surface area contributed by atoms with Crippen LogP contribution in [0.4, 0.5) is 0 Å². The van der Waals surface area contributed by atoms with Crippen LogP contribution in [-0.4, -0.2) is 41.9 Å². The van der Waals surface area contributed by atoms with Gasteiger partial charge in [-0.15, -0.1) is 0 Å². The molecule has 0 atom stereocenters. The van der Waals surface area contributed by atoms with Crippen molar-refractivity contribution >= 4 is 29.2 Å². The fourth-order valence-corrected chi connectivity index (χ4v) is 3.01. The van der Waals surface area contributed by atoms with Crippen LogP contribution in [0.5, 0.6) is 0 Å². The normalized spacial score (nSPS) is 10.5. The zero-order chi connectivity index (χ0) is 19.3. The summed E-state index contributed by atoms with van der Waals surface area (Å²) in [5.74, 6) is 0. The molecule has 25 heavy (non-hydrogen) atoms. The first-order valence-electron chi connectivity index (χ1n) is 10.9. The lowest BCUT2D eigenvalue weighted by molar-refractivity contribution is -0.900. The maximum absolute atomic E-state index is 4.98. The second kappa shape index (κ2) is 22.1. The SMILES string of the molecule is CCCCN(CCCC)C(=S)[S-].CCCC[NH+](CCCC)CCCC. The molecule has 0 heterocycles. The molecule has 0 amide bonds. The lowest BCUT2D eigenvalue weighted by Gasteiger charge is -2.28. The minimum absolute atomic E-state index is 0.636. The van der Waals surface area contributed by atoms with Gasteiger partial charge in [0.25, 0.3) is 0 Å². The van der Waals surface area contributed by atoms with E-state index in [1.165, 1.54) is 83.8 Å². The molecule has 0 spiro atoms. The smallest absolute Gasteiger partial charge is 0.0770 e. The Morgan fingerprint density at radius 2 is 1.00 bits per heavy atom. The Balaban J connectivity index is 0. The molecule has 0 saturated heterocycles. The number of thiocarbonyl (C=S) groups is 1. The van der Waals surface area contributed by atoms with Crippen LogP contribution < -0.4 is 4.90 Å². The maximum atomic E-state index is 4.98. The van der Waals surface area contributed by atoms with Gasteiger partial charge in [0.15, 0.2) is 0 Å². The number of nitrogens with zero attached hydrogens (tertiary/aromatic N) is 1. The minimum Gasteiger partial charge on any atom is -0.411 e. The van der Waals surface area contributed by atoms with Crippen LogP contribution in [0.3, 0.4) is 0 Å². The Morgan fingerprint density at radius 3 is 1.24 bits per heavy atom. The van der Waals surface area contributed by atoms with E-state index in [9.17, 15) is 0 Å². The molecule has 0 saturated carbocycles.